The molecule has 7 nitrogen and oxygen atoms in total. The molecule has 8 heteroatoms. The lowest BCUT2D eigenvalue weighted by Gasteiger charge is -2.18. The standard InChI is InChI=1S/C25H28N4O3S/c1-3-33(30,31)24-11-10-21-16-20(24)18-29(2)14-5-4-6-15-32-22-9-7-8-19(17-22)23-12-13-26-25(27-21)28-23/h4-5,7-13,16-17H,3,6,14-15,18H2,1-2H3,(H,26,27,28)/b5-4+. The van der Waals surface area contributed by atoms with E-state index in [1.165, 1.54) is 0 Å². The van der Waals surface area contributed by atoms with Gasteiger partial charge in [0.25, 0.3) is 0 Å². The van der Waals surface area contributed by atoms with Gasteiger partial charge in [-0.1, -0.05) is 31.2 Å². The van der Waals surface area contributed by atoms with Crippen molar-refractivity contribution >= 4 is 21.5 Å². The minimum atomic E-state index is -3.35. The molecular weight excluding hydrogens is 436 g/mol. The number of aromatic nitrogens is 2. The van der Waals surface area contributed by atoms with Crippen molar-refractivity contribution in [2.45, 2.75) is 24.8 Å². The van der Waals surface area contributed by atoms with Gasteiger partial charge in [0.1, 0.15) is 5.75 Å². The molecule has 1 aliphatic rings. The molecule has 2 heterocycles. The number of anilines is 2. The predicted molar refractivity (Wildman–Crippen MR) is 131 cm³/mol. The van der Waals surface area contributed by atoms with Gasteiger partial charge in [-0.3, -0.25) is 4.90 Å². The lowest BCUT2D eigenvalue weighted by atomic mass is 10.1. The average Bonchev–Trinajstić information content (AvgIpc) is 2.81. The normalized spacial score (nSPS) is 16.1. The highest BCUT2D eigenvalue weighted by atomic mass is 32.2. The largest absolute Gasteiger partial charge is 0.493 e. The Hall–Kier alpha value is -3.23. The first-order chi connectivity index (χ1) is 15.9. The molecule has 1 N–H and O–H groups in total. The van der Waals surface area contributed by atoms with Crippen LogP contribution in [-0.4, -0.2) is 49.2 Å². The maximum Gasteiger partial charge on any atom is 0.227 e. The second kappa shape index (κ2) is 10.1. The number of hydrogen-bond acceptors (Lipinski definition) is 7. The summed E-state index contributed by atoms with van der Waals surface area (Å²) >= 11 is 0. The summed E-state index contributed by atoms with van der Waals surface area (Å²) in [6, 6.07) is 15.0. The molecule has 0 fully saturated rings. The monoisotopic (exact) mass is 464 g/mol. The van der Waals surface area contributed by atoms with Gasteiger partial charge in [0.05, 0.1) is 22.9 Å². The van der Waals surface area contributed by atoms with Crippen molar-refractivity contribution in [3.05, 3.63) is 72.4 Å². The van der Waals surface area contributed by atoms with Crippen molar-refractivity contribution in [3.63, 3.8) is 0 Å². The first-order valence-corrected chi connectivity index (χ1v) is 12.6. The Labute approximate surface area is 195 Å². The van der Waals surface area contributed by atoms with Crippen LogP contribution in [0.2, 0.25) is 0 Å². The summed E-state index contributed by atoms with van der Waals surface area (Å²) in [4.78, 5) is 11.4. The lowest BCUT2D eigenvalue weighted by Crippen LogP contribution is -2.20. The van der Waals surface area contributed by atoms with E-state index in [1.807, 2.05) is 43.4 Å². The third-order valence-electron chi connectivity index (χ3n) is 5.39. The molecule has 172 valence electrons. The molecular formula is C25H28N4O3S. The molecule has 1 aromatic heterocycles. The molecule has 3 aromatic rings. The number of benzene rings is 2. The fourth-order valence-electron chi connectivity index (χ4n) is 3.67. The van der Waals surface area contributed by atoms with Crippen LogP contribution in [0.4, 0.5) is 11.6 Å². The third kappa shape index (κ3) is 5.77. The summed E-state index contributed by atoms with van der Waals surface area (Å²) in [6.45, 7) is 3.43. The Morgan fingerprint density at radius 3 is 2.85 bits per heavy atom. The highest BCUT2D eigenvalue weighted by molar-refractivity contribution is 7.91. The number of ether oxygens (including phenoxy) is 1. The van der Waals surface area contributed by atoms with Crippen molar-refractivity contribution in [2.24, 2.45) is 0 Å². The number of sulfone groups is 1. The van der Waals surface area contributed by atoms with Crippen molar-refractivity contribution in [2.75, 3.05) is 31.3 Å². The Morgan fingerprint density at radius 2 is 2.00 bits per heavy atom. The van der Waals surface area contributed by atoms with Crippen molar-refractivity contribution in [1.82, 2.24) is 14.9 Å². The average molecular weight is 465 g/mol. The van der Waals surface area contributed by atoms with E-state index in [0.29, 0.717) is 30.5 Å². The Kier molecular flexibility index (Phi) is 7.05. The van der Waals surface area contributed by atoms with Crippen molar-refractivity contribution in [1.29, 1.82) is 0 Å². The van der Waals surface area contributed by atoms with Crippen LogP contribution in [0.15, 0.2) is 71.8 Å². The lowest BCUT2D eigenvalue weighted by molar-refractivity contribution is 0.324. The second-order valence-corrected chi connectivity index (χ2v) is 10.2. The molecule has 0 atom stereocenters. The van der Waals surface area contributed by atoms with Crippen LogP contribution in [0.25, 0.3) is 11.3 Å². The molecule has 4 rings (SSSR count). The highest BCUT2D eigenvalue weighted by Gasteiger charge is 2.18. The van der Waals surface area contributed by atoms with Gasteiger partial charge < -0.3 is 10.1 Å². The van der Waals surface area contributed by atoms with E-state index in [2.05, 4.69) is 32.3 Å². The van der Waals surface area contributed by atoms with E-state index in [9.17, 15) is 8.42 Å². The van der Waals surface area contributed by atoms with E-state index in [4.69, 9.17) is 4.74 Å². The summed E-state index contributed by atoms with van der Waals surface area (Å²) in [5.74, 6) is 1.29. The Bertz CT molecular complexity index is 1260. The van der Waals surface area contributed by atoms with Crippen LogP contribution in [0.5, 0.6) is 5.75 Å². The fraction of sp³-hybridized carbons (Fsp3) is 0.280. The SMILES string of the molecule is CCS(=O)(=O)c1ccc2cc1CN(C)C/C=C/CCOc1cccc(c1)-c1ccnc(n1)N2. The summed E-state index contributed by atoms with van der Waals surface area (Å²) in [5, 5.41) is 3.23. The van der Waals surface area contributed by atoms with Gasteiger partial charge in [-0.05, 0) is 55.4 Å². The first kappa shape index (κ1) is 22.9. The zero-order valence-electron chi connectivity index (χ0n) is 18.9. The minimum Gasteiger partial charge on any atom is -0.493 e. The second-order valence-electron chi connectivity index (χ2n) is 7.95. The number of nitrogens with one attached hydrogen (secondary N) is 1. The molecule has 0 radical (unpaired) electrons. The predicted octanol–water partition coefficient (Wildman–Crippen LogP) is 4.45. The quantitative estimate of drug-likeness (QED) is 0.561. The third-order valence-corrected chi connectivity index (χ3v) is 7.22. The van der Waals surface area contributed by atoms with Crippen LogP contribution in [-0.2, 0) is 16.4 Å². The molecule has 2 aromatic carbocycles. The summed E-state index contributed by atoms with van der Waals surface area (Å²) in [7, 11) is -1.38. The van der Waals surface area contributed by atoms with E-state index in [-0.39, 0.29) is 5.75 Å². The van der Waals surface area contributed by atoms with E-state index in [1.54, 1.807) is 25.3 Å². The molecule has 0 saturated heterocycles. The number of nitrogens with zero attached hydrogens (tertiary/aromatic N) is 3. The van der Waals surface area contributed by atoms with Crippen LogP contribution in [0.3, 0.4) is 0 Å². The summed E-state index contributed by atoms with van der Waals surface area (Å²) in [6.07, 6.45) is 6.65. The summed E-state index contributed by atoms with van der Waals surface area (Å²) in [5.41, 5.74) is 3.18. The van der Waals surface area contributed by atoms with Gasteiger partial charge in [-0.25, -0.2) is 18.4 Å². The molecule has 0 unspecified atom stereocenters. The molecule has 0 aliphatic carbocycles. The molecule has 0 spiro atoms. The zero-order chi connectivity index (χ0) is 23.3. The number of rotatable bonds is 2. The van der Waals surface area contributed by atoms with Crippen LogP contribution >= 0.6 is 0 Å². The molecule has 1 aliphatic heterocycles. The molecule has 0 saturated carbocycles. The maximum atomic E-state index is 12.7. The van der Waals surface area contributed by atoms with E-state index >= 15 is 0 Å². The van der Waals surface area contributed by atoms with Crippen LogP contribution in [0, 0.1) is 0 Å². The van der Waals surface area contributed by atoms with E-state index < -0.39 is 9.84 Å². The van der Waals surface area contributed by atoms with Gasteiger partial charge in [0, 0.05) is 30.5 Å². The van der Waals surface area contributed by atoms with Crippen molar-refractivity contribution in [3.8, 4) is 17.0 Å². The first-order valence-electron chi connectivity index (χ1n) is 11.0. The van der Waals surface area contributed by atoms with Gasteiger partial charge in [0.15, 0.2) is 9.84 Å². The molecule has 33 heavy (non-hydrogen) atoms. The number of fused-ring (bicyclic) bond motifs is 7. The number of likely N-dealkylation sites (N-methyl/N-ethyl adjacent to an activating group) is 1. The Morgan fingerprint density at radius 1 is 1.12 bits per heavy atom. The molecule has 6 bridgehead atoms. The van der Waals surface area contributed by atoms with Gasteiger partial charge in [-0.2, -0.15) is 0 Å². The van der Waals surface area contributed by atoms with Gasteiger partial charge in [0.2, 0.25) is 5.95 Å². The maximum absolute atomic E-state index is 12.7. The van der Waals surface area contributed by atoms with Crippen molar-refractivity contribution < 1.29 is 13.2 Å². The fourth-order valence-corrected chi connectivity index (χ4v) is 4.78. The van der Waals surface area contributed by atoms with Gasteiger partial charge >= 0.3 is 0 Å². The smallest absolute Gasteiger partial charge is 0.227 e. The minimum absolute atomic E-state index is 0.0562. The highest BCUT2D eigenvalue weighted by Crippen LogP contribution is 2.26. The topological polar surface area (TPSA) is 84.4 Å². The van der Waals surface area contributed by atoms with Gasteiger partial charge in [-0.15, -0.1) is 0 Å². The van der Waals surface area contributed by atoms with E-state index in [0.717, 1.165) is 34.7 Å². The van der Waals surface area contributed by atoms with Crippen LogP contribution < -0.4 is 10.1 Å². The van der Waals surface area contributed by atoms with Crippen LogP contribution in [0.1, 0.15) is 18.9 Å². The zero-order valence-corrected chi connectivity index (χ0v) is 19.7. The number of hydrogen-bond donors (Lipinski definition) is 1. The Balaban J connectivity index is 1.75. The summed E-state index contributed by atoms with van der Waals surface area (Å²) < 4.78 is 31.3. The molecule has 0 amide bonds.